The van der Waals surface area contributed by atoms with Crippen molar-refractivity contribution in [3.8, 4) is 0 Å². The summed E-state index contributed by atoms with van der Waals surface area (Å²) < 4.78 is 0. The zero-order valence-corrected chi connectivity index (χ0v) is 9.77. The van der Waals surface area contributed by atoms with Gasteiger partial charge in [0.2, 0.25) is 0 Å². The van der Waals surface area contributed by atoms with Crippen molar-refractivity contribution in [1.82, 2.24) is 5.32 Å². The predicted octanol–water partition coefficient (Wildman–Crippen LogP) is 2.67. The Kier molecular flexibility index (Phi) is 3.49. The third-order valence-electron chi connectivity index (χ3n) is 3.01. The summed E-state index contributed by atoms with van der Waals surface area (Å²) >= 11 is 6.06. The van der Waals surface area contributed by atoms with Crippen molar-refractivity contribution in [2.24, 2.45) is 5.92 Å². The topological polar surface area (TPSA) is 24.1 Å². The van der Waals surface area contributed by atoms with E-state index in [9.17, 15) is 0 Å². The highest BCUT2D eigenvalue weighted by Crippen LogP contribution is 2.23. The minimum absolute atomic E-state index is 0.753. The van der Waals surface area contributed by atoms with Crippen molar-refractivity contribution < 1.29 is 0 Å². The molecule has 0 aromatic heterocycles. The average molecular weight is 225 g/mol. The van der Waals surface area contributed by atoms with Gasteiger partial charge in [-0.1, -0.05) is 17.7 Å². The summed E-state index contributed by atoms with van der Waals surface area (Å²) in [6, 6.07) is 6.01. The normalized spacial score (nSPS) is 20.5. The maximum atomic E-state index is 6.06. The number of anilines is 1. The summed E-state index contributed by atoms with van der Waals surface area (Å²) in [6.45, 7) is 5.37. The van der Waals surface area contributed by atoms with Crippen LogP contribution >= 0.6 is 11.6 Å². The van der Waals surface area contributed by atoms with Crippen LogP contribution in [0.15, 0.2) is 18.2 Å². The maximum absolute atomic E-state index is 6.06. The Labute approximate surface area is 96.0 Å². The van der Waals surface area contributed by atoms with E-state index in [0.717, 1.165) is 41.8 Å². The molecule has 0 bridgehead atoms. The average Bonchev–Trinajstić information content (AvgIpc) is 2.73. The molecule has 2 nitrogen and oxygen atoms in total. The first kappa shape index (κ1) is 10.8. The van der Waals surface area contributed by atoms with E-state index in [1.807, 2.05) is 12.1 Å². The van der Waals surface area contributed by atoms with Gasteiger partial charge in [0.1, 0.15) is 0 Å². The SMILES string of the molecule is Cc1c(Cl)cccc1NCC1CCNC1. The summed E-state index contributed by atoms with van der Waals surface area (Å²) in [7, 11) is 0. The summed E-state index contributed by atoms with van der Waals surface area (Å²) in [6.07, 6.45) is 1.27. The number of rotatable bonds is 3. The third kappa shape index (κ3) is 2.64. The van der Waals surface area contributed by atoms with Crippen molar-refractivity contribution in [1.29, 1.82) is 0 Å². The Morgan fingerprint density at radius 1 is 1.53 bits per heavy atom. The number of halogens is 1. The molecule has 1 fully saturated rings. The van der Waals surface area contributed by atoms with Crippen molar-refractivity contribution >= 4 is 17.3 Å². The van der Waals surface area contributed by atoms with Crippen LogP contribution in [0.3, 0.4) is 0 Å². The van der Waals surface area contributed by atoms with Gasteiger partial charge in [-0.2, -0.15) is 0 Å². The Balaban J connectivity index is 1.95. The van der Waals surface area contributed by atoms with Crippen LogP contribution in [0.5, 0.6) is 0 Å². The summed E-state index contributed by atoms with van der Waals surface area (Å²) in [5.74, 6) is 0.753. The molecule has 1 aliphatic heterocycles. The molecule has 1 saturated heterocycles. The molecule has 2 N–H and O–H groups in total. The molecule has 3 heteroatoms. The zero-order valence-electron chi connectivity index (χ0n) is 9.02. The first-order chi connectivity index (χ1) is 7.27. The smallest absolute Gasteiger partial charge is 0.0455 e. The highest BCUT2D eigenvalue weighted by atomic mass is 35.5. The number of benzene rings is 1. The highest BCUT2D eigenvalue weighted by molar-refractivity contribution is 6.31. The molecule has 15 heavy (non-hydrogen) atoms. The Morgan fingerprint density at radius 3 is 3.13 bits per heavy atom. The van der Waals surface area contributed by atoms with Crippen LogP contribution < -0.4 is 10.6 Å². The summed E-state index contributed by atoms with van der Waals surface area (Å²) in [5.41, 5.74) is 2.31. The first-order valence-corrected chi connectivity index (χ1v) is 5.85. The molecule has 0 amide bonds. The Morgan fingerprint density at radius 2 is 2.40 bits per heavy atom. The van der Waals surface area contributed by atoms with Gasteiger partial charge in [0, 0.05) is 17.3 Å². The quantitative estimate of drug-likeness (QED) is 0.825. The fourth-order valence-corrected chi connectivity index (χ4v) is 2.12. The minimum Gasteiger partial charge on any atom is -0.384 e. The van der Waals surface area contributed by atoms with Crippen molar-refractivity contribution in [3.63, 3.8) is 0 Å². The molecule has 1 aromatic carbocycles. The molecule has 1 heterocycles. The molecule has 1 unspecified atom stereocenters. The molecule has 0 radical (unpaired) electrons. The molecular formula is C12H17ClN2. The lowest BCUT2D eigenvalue weighted by atomic mass is 10.1. The fourth-order valence-electron chi connectivity index (χ4n) is 1.94. The zero-order chi connectivity index (χ0) is 10.7. The summed E-state index contributed by atoms with van der Waals surface area (Å²) in [4.78, 5) is 0. The second kappa shape index (κ2) is 4.86. The van der Waals surface area contributed by atoms with E-state index in [-0.39, 0.29) is 0 Å². The summed E-state index contributed by atoms with van der Waals surface area (Å²) in [5, 5.41) is 7.68. The molecule has 1 atom stereocenters. The van der Waals surface area contributed by atoms with Gasteiger partial charge in [0.15, 0.2) is 0 Å². The molecule has 1 aromatic rings. The molecule has 0 saturated carbocycles. The number of nitrogens with one attached hydrogen (secondary N) is 2. The fraction of sp³-hybridized carbons (Fsp3) is 0.500. The van der Waals surface area contributed by atoms with Crippen LogP contribution in [-0.4, -0.2) is 19.6 Å². The van der Waals surface area contributed by atoms with E-state index in [4.69, 9.17) is 11.6 Å². The molecular weight excluding hydrogens is 208 g/mol. The first-order valence-electron chi connectivity index (χ1n) is 5.47. The lowest BCUT2D eigenvalue weighted by Crippen LogP contribution is -2.17. The van der Waals surface area contributed by atoms with Gasteiger partial charge in [-0.15, -0.1) is 0 Å². The van der Waals surface area contributed by atoms with Gasteiger partial charge in [-0.3, -0.25) is 0 Å². The van der Waals surface area contributed by atoms with Gasteiger partial charge in [0.05, 0.1) is 0 Å². The third-order valence-corrected chi connectivity index (χ3v) is 3.42. The van der Waals surface area contributed by atoms with Crippen LogP contribution in [0, 0.1) is 12.8 Å². The standard InChI is InChI=1S/C12H17ClN2/c1-9-11(13)3-2-4-12(9)15-8-10-5-6-14-7-10/h2-4,10,14-15H,5-8H2,1H3. The molecule has 2 rings (SSSR count). The Hall–Kier alpha value is -0.730. The lowest BCUT2D eigenvalue weighted by Gasteiger charge is -2.13. The molecule has 0 aliphatic carbocycles. The molecule has 1 aliphatic rings. The van der Waals surface area contributed by atoms with Crippen LogP contribution in [0.4, 0.5) is 5.69 Å². The van der Waals surface area contributed by atoms with E-state index < -0.39 is 0 Å². The highest BCUT2D eigenvalue weighted by Gasteiger charge is 2.14. The molecule has 82 valence electrons. The number of hydrogen-bond acceptors (Lipinski definition) is 2. The van der Waals surface area contributed by atoms with E-state index in [0.29, 0.717) is 0 Å². The van der Waals surface area contributed by atoms with Crippen LogP contribution in [0.25, 0.3) is 0 Å². The van der Waals surface area contributed by atoms with E-state index in [1.165, 1.54) is 6.42 Å². The van der Waals surface area contributed by atoms with Gasteiger partial charge < -0.3 is 10.6 Å². The lowest BCUT2D eigenvalue weighted by molar-refractivity contribution is 0.615. The minimum atomic E-state index is 0.753. The molecule has 0 spiro atoms. The van der Waals surface area contributed by atoms with Crippen LogP contribution in [0.2, 0.25) is 5.02 Å². The second-order valence-corrected chi connectivity index (χ2v) is 4.56. The van der Waals surface area contributed by atoms with Crippen molar-refractivity contribution in [3.05, 3.63) is 28.8 Å². The van der Waals surface area contributed by atoms with E-state index in [2.05, 4.69) is 23.6 Å². The van der Waals surface area contributed by atoms with E-state index >= 15 is 0 Å². The number of hydrogen-bond donors (Lipinski definition) is 2. The van der Waals surface area contributed by atoms with Gasteiger partial charge in [-0.05, 0) is 50.0 Å². The largest absolute Gasteiger partial charge is 0.384 e. The van der Waals surface area contributed by atoms with Gasteiger partial charge in [0.25, 0.3) is 0 Å². The second-order valence-electron chi connectivity index (χ2n) is 4.15. The predicted molar refractivity (Wildman–Crippen MR) is 65.7 cm³/mol. The Bertz CT molecular complexity index is 332. The van der Waals surface area contributed by atoms with Crippen LogP contribution in [-0.2, 0) is 0 Å². The van der Waals surface area contributed by atoms with E-state index in [1.54, 1.807) is 0 Å². The maximum Gasteiger partial charge on any atom is 0.0455 e. The monoisotopic (exact) mass is 224 g/mol. The van der Waals surface area contributed by atoms with Gasteiger partial charge >= 0.3 is 0 Å². The van der Waals surface area contributed by atoms with Crippen molar-refractivity contribution in [2.45, 2.75) is 13.3 Å². The van der Waals surface area contributed by atoms with Crippen LogP contribution in [0.1, 0.15) is 12.0 Å². The van der Waals surface area contributed by atoms with Crippen molar-refractivity contribution in [2.75, 3.05) is 25.0 Å². The van der Waals surface area contributed by atoms with Gasteiger partial charge in [-0.25, -0.2) is 0 Å².